The fraction of sp³-hybridized carbons (Fsp3) is 0.818. The van der Waals surface area contributed by atoms with E-state index in [4.69, 9.17) is 5.73 Å². The van der Waals surface area contributed by atoms with Crippen LogP contribution in [0.5, 0.6) is 0 Å². The highest BCUT2D eigenvalue weighted by Gasteiger charge is 2.30. The smallest absolute Gasteiger partial charge is 0.205 e. The van der Waals surface area contributed by atoms with Gasteiger partial charge in [-0.1, -0.05) is 13.8 Å². The molecule has 1 aromatic rings. The lowest BCUT2D eigenvalue weighted by Gasteiger charge is -2.19. The SMILES string of the molecule is CC(C)c1nsc(N2CC(CN)CC2C)n1. The average molecular weight is 240 g/mol. The largest absolute Gasteiger partial charge is 0.344 e. The van der Waals surface area contributed by atoms with Gasteiger partial charge in [0.2, 0.25) is 5.13 Å². The predicted octanol–water partition coefficient (Wildman–Crippen LogP) is 1.84. The van der Waals surface area contributed by atoms with E-state index >= 15 is 0 Å². The normalized spacial score (nSPS) is 25.7. The first-order valence-electron chi connectivity index (χ1n) is 5.92. The fourth-order valence-electron chi connectivity index (χ4n) is 2.16. The Morgan fingerprint density at radius 1 is 1.56 bits per heavy atom. The molecule has 0 radical (unpaired) electrons. The first-order chi connectivity index (χ1) is 7.61. The van der Waals surface area contributed by atoms with Crippen LogP contribution in [0.3, 0.4) is 0 Å². The second-order valence-corrected chi connectivity index (χ2v) is 5.66. The molecule has 0 amide bonds. The average Bonchev–Trinajstić information content (AvgIpc) is 2.83. The van der Waals surface area contributed by atoms with Crippen molar-refractivity contribution < 1.29 is 0 Å². The molecule has 2 atom stereocenters. The van der Waals surface area contributed by atoms with Gasteiger partial charge in [-0.05, 0) is 25.8 Å². The molecule has 2 N–H and O–H groups in total. The highest BCUT2D eigenvalue weighted by molar-refractivity contribution is 7.09. The van der Waals surface area contributed by atoms with Crippen LogP contribution in [0.25, 0.3) is 0 Å². The minimum atomic E-state index is 0.410. The van der Waals surface area contributed by atoms with Gasteiger partial charge >= 0.3 is 0 Å². The van der Waals surface area contributed by atoms with Crippen molar-refractivity contribution >= 4 is 16.7 Å². The molecule has 4 nitrogen and oxygen atoms in total. The van der Waals surface area contributed by atoms with E-state index in [0.29, 0.717) is 17.9 Å². The molecule has 16 heavy (non-hydrogen) atoms. The van der Waals surface area contributed by atoms with Gasteiger partial charge in [0.1, 0.15) is 5.82 Å². The lowest BCUT2D eigenvalue weighted by Crippen LogP contribution is -2.27. The van der Waals surface area contributed by atoms with Crippen LogP contribution in [0.1, 0.15) is 38.9 Å². The maximum Gasteiger partial charge on any atom is 0.205 e. The van der Waals surface area contributed by atoms with Crippen molar-refractivity contribution in [2.24, 2.45) is 11.7 Å². The molecule has 1 fully saturated rings. The third-order valence-corrected chi connectivity index (χ3v) is 3.96. The Hall–Kier alpha value is -0.680. The number of nitrogens with zero attached hydrogens (tertiary/aromatic N) is 3. The molecule has 1 aliphatic heterocycles. The number of hydrogen-bond donors (Lipinski definition) is 1. The molecule has 1 saturated heterocycles. The summed E-state index contributed by atoms with van der Waals surface area (Å²) in [6.07, 6.45) is 1.17. The van der Waals surface area contributed by atoms with Gasteiger partial charge in [0, 0.05) is 30.0 Å². The number of rotatable bonds is 3. The molecule has 2 rings (SSSR count). The zero-order valence-corrected chi connectivity index (χ0v) is 11.0. The molecule has 0 aromatic carbocycles. The molecule has 1 aromatic heterocycles. The van der Waals surface area contributed by atoms with Crippen LogP contribution in [0.2, 0.25) is 0 Å². The van der Waals surface area contributed by atoms with E-state index in [2.05, 4.69) is 35.0 Å². The maximum absolute atomic E-state index is 5.73. The van der Waals surface area contributed by atoms with Crippen LogP contribution in [0.15, 0.2) is 0 Å². The van der Waals surface area contributed by atoms with Crippen LogP contribution in [-0.4, -0.2) is 28.5 Å². The van der Waals surface area contributed by atoms with Crippen molar-refractivity contribution in [2.75, 3.05) is 18.0 Å². The standard InChI is InChI=1S/C11H20N4S/c1-7(2)10-13-11(16-14-10)15-6-9(5-12)4-8(15)3/h7-9H,4-6,12H2,1-3H3. The summed E-state index contributed by atoms with van der Waals surface area (Å²) in [6.45, 7) is 8.30. The zero-order chi connectivity index (χ0) is 11.7. The Morgan fingerprint density at radius 3 is 2.81 bits per heavy atom. The monoisotopic (exact) mass is 240 g/mol. The van der Waals surface area contributed by atoms with Crippen molar-refractivity contribution in [3.8, 4) is 0 Å². The Labute approximate surface area is 101 Å². The van der Waals surface area contributed by atoms with E-state index in [9.17, 15) is 0 Å². The molecule has 0 aliphatic carbocycles. The minimum Gasteiger partial charge on any atom is -0.344 e. The fourth-order valence-corrected chi connectivity index (χ4v) is 3.08. The third-order valence-electron chi connectivity index (χ3n) is 3.19. The molecule has 5 heteroatoms. The van der Waals surface area contributed by atoms with Gasteiger partial charge in [-0.25, -0.2) is 4.98 Å². The summed E-state index contributed by atoms with van der Waals surface area (Å²) < 4.78 is 4.40. The summed E-state index contributed by atoms with van der Waals surface area (Å²) in [4.78, 5) is 6.95. The maximum atomic E-state index is 5.73. The third kappa shape index (κ3) is 2.20. The quantitative estimate of drug-likeness (QED) is 0.876. The number of nitrogens with two attached hydrogens (primary N) is 1. The highest BCUT2D eigenvalue weighted by atomic mass is 32.1. The van der Waals surface area contributed by atoms with E-state index in [-0.39, 0.29) is 0 Å². The predicted molar refractivity (Wildman–Crippen MR) is 68.0 cm³/mol. The summed E-state index contributed by atoms with van der Waals surface area (Å²) in [5.41, 5.74) is 5.73. The molecule has 2 unspecified atom stereocenters. The summed E-state index contributed by atoms with van der Waals surface area (Å²) in [6, 6.07) is 0.543. The van der Waals surface area contributed by atoms with Gasteiger partial charge < -0.3 is 10.6 Å². The second kappa shape index (κ2) is 4.67. The van der Waals surface area contributed by atoms with Crippen LogP contribution < -0.4 is 10.6 Å². The number of anilines is 1. The zero-order valence-electron chi connectivity index (χ0n) is 10.2. The minimum absolute atomic E-state index is 0.410. The molecule has 0 spiro atoms. The summed E-state index contributed by atoms with van der Waals surface area (Å²) in [5.74, 6) is 1.98. The van der Waals surface area contributed by atoms with E-state index in [1.165, 1.54) is 18.0 Å². The van der Waals surface area contributed by atoms with E-state index in [1.54, 1.807) is 0 Å². The number of aromatic nitrogens is 2. The van der Waals surface area contributed by atoms with Crippen LogP contribution in [-0.2, 0) is 0 Å². The van der Waals surface area contributed by atoms with E-state index < -0.39 is 0 Å². The Bertz CT molecular complexity index is 350. The van der Waals surface area contributed by atoms with Gasteiger partial charge in [-0.15, -0.1) is 0 Å². The first kappa shape index (κ1) is 11.8. The molecular formula is C11H20N4S. The van der Waals surface area contributed by atoms with Crippen molar-refractivity contribution in [1.82, 2.24) is 9.36 Å². The highest BCUT2D eigenvalue weighted by Crippen LogP contribution is 2.30. The Balaban J connectivity index is 2.12. The molecule has 0 saturated carbocycles. The molecule has 1 aliphatic rings. The summed E-state index contributed by atoms with van der Waals surface area (Å²) >= 11 is 1.52. The first-order valence-corrected chi connectivity index (χ1v) is 6.69. The molecule has 0 bridgehead atoms. The van der Waals surface area contributed by atoms with Crippen molar-refractivity contribution in [3.05, 3.63) is 5.82 Å². The van der Waals surface area contributed by atoms with Gasteiger partial charge in [-0.2, -0.15) is 4.37 Å². The second-order valence-electron chi connectivity index (χ2n) is 4.93. The van der Waals surface area contributed by atoms with E-state index in [1.807, 2.05) is 0 Å². The molecular weight excluding hydrogens is 220 g/mol. The van der Waals surface area contributed by atoms with Crippen molar-refractivity contribution in [2.45, 2.75) is 39.2 Å². The molecule has 90 valence electrons. The summed E-state index contributed by atoms with van der Waals surface area (Å²) in [5, 5.41) is 1.06. The van der Waals surface area contributed by atoms with Crippen LogP contribution in [0, 0.1) is 5.92 Å². The van der Waals surface area contributed by atoms with Crippen LogP contribution in [0.4, 0.5) is 5.13 Å². The van der Waals surface area contributed by atoms with E-state index in [0.717, 1.165) is 24.0 Å². The Kier molecular flexibility index (Phi) is 3.44. The lowest BCUT2D eigenvalue weighted by molar-refractivity contribution is 0.579. The lowest BCUT2D eigenvalue weighted by atomic mass is 10.1. The number of hydrogen-bond acceptors (Lipinski definition) is 5. The topological polar surface area (TPSA) is 55.0 Å². The van der Waals surface area contributed by atoms with Crippen molar-refractivity contribution in [3.63, 3.8) is 0 Å². The Morgan fingerprint density at radius 2 is 2.31 bits per heavy atom. The van der Waals surface area contributed by atoms with Gasteiger partial charge in [0.05, 0.1) is 0 Å². The van der Waals surface area contributed by atoms with Gasteiger partial charge in [0.15, 0.2) is 0 Å². The van der Waals surface area contributed by atoms with Gasteiger partial charge in [-0.3, -0.25) is 0 Å². The summed E-state index contributed by atoms with van der Waals surface area (Å²) in [7, 11) is 0. The van der Waals surface area contributed by atoms with Crippen molar-refractivity contribution in [1.29, 1.82) is 0 Å². The van der Waals surface area contributed by atoms with Crippen LogP contribution >= 0.6 is 11.5 Å². The van der Waals surface area contributed by atoms with Gasteiger partial charge in [0.25, 0.3) is 0 Å². The molecule has 2 heterocycles.